The van der Waals surface area contributed by atoms with Crippen LogP contribution >= 0.6 is 0 Å². The minimum absolute atomic E-state index is 0.728. The zero-order valence-electron chi connectivity index (χ0n) is 7.88. The van der Waals surface area contributed by atoms with E-state index < -0.39 is 0 Å². The largest absolute Gasteiger partial charge is 0.396 e. The summed E-state index contributed by atoms with van der Waals surface area (Å²) in [7, 11) is 0. The van der Waals surface area contributed by atoms with Gasteiger partial charge in [-0.2, -0.15) is 0 Å². The van der Waals surface area contributed by atoms with Crippen LogP contribution in [0.5, 0.6) is 0 Å². The van der Waals surface area contributed by atoms with Crippen molar-refractivity contribution in [2.45, 2.75) is 13.3 Å². The topological polar surface area (TPSA) is 50.9 Å². The number of nitrogens with zero attached hydrogens (tertiary/aromatic N) is 1. The third-order valence-electron chi connectivity index (χ3n) is 1.85. The smallest absolute Gasteiger partial charge is 0.149 e. The number of nitrogens with two attached hydrogens (primary N) is 1. The molecule has 1 aromatic rings. The normalized spacial score (nSPS) is 9.62. The van der Waals surface area contributed by atoms with Crippen LogP contribution in [0.25, 0.3) is 0 Å². The molecule has 0 bridgehead atoms. The molecule has 0 fully saturated rings. The molecular formula is C10H15N3. The van der Waals surface area contributed by atoms with Crippen molar-refractivity contribution in [2.24, 2.45) is 0 Å². The molecule has 0 radical (unpaired) electrons. The third-order valence-corrected chi connectivity index (χ3v) is 1.85. The van der Waals surface area contributed by atoms with Gasteiger partial charge in [0.05, 0.1) is 5.69 Å². The molecule has 0 amide bonds. The molecule has 0 aliphatic rings. The zero-order chi connectivity index (χ0) is 9.68. The van der Waals surface area contributed by atoms with Gasteiger partial charge in [-0.15, -0.1) is 6.58 Å². The van der Waals surface area contributed by atoms with Crippen LogP contribution in [0.2, 0.25) is 0 Å². The minimum atomic E-state index is 0.728. The van der Waals surface area contributed by atoms with Crippen LogP contribution in [0, 0.1) is 6.92 Å². The van der Waals surface area contributed by atoms with E-state index >= 15 is 0 Å². The molecule has 0 spiro atoms. The van der Waals surface area contributed by atoms with E-state index in [4.69, 9.17) is 5.73 Å². The second-order valence-corrected chi connectivity index (χ2v) is 2.89. The zero-order valence-corrected chi connectivity index (χ0v) is 7.88. The van der Waals surface area contributed by atoms with Gasteiger partial charge in [-0.1, -0.05) is 6.08 Å². The highest BCUT2D eigenvalue weighted by atomic mass is 15.0. The number of nitrogen functional groups attached to an aromatic ring is 1. The summed E-state index contributed by atoms with van der Waals surface area (Å²) in [5, 5.41) is 3.15. The molecule has 0 unspecified atom stereocenters. The maximum absolute atomic E-state index is 5.81. The van der Waals surface area contributed by atoms with Gasteiger partial charge in [0.15, 0.2) is 0 Å². The number of aryl methyl sites for hydroxylation is 1. The number of anilines is 2. The number of nitrogens with one attached hydrogen (secondary N) is 1. The van der Waals surface area contributed by atoms with E-state index in [1.807, 2.05) is 19.1 Å². The van der Waals surface area contributed by atoms with Crippen LogP contribution in [0.3, 0.4) is 0 Å². The van der Waals surface area contributed by atoms with Crippen molar-refractivity contribution in [3.05, 3.63) is 30.5 Å². The summed E-state index contributed by atoms with van der Waals surface area (Å²) in [4.78, 5) is 4.14. The number of hydrogen-bond acceptors (Lipinski definition) is 3. The van der Waals surface area contributed by atoms with Gasteiger partial charge < -0.3 is 11.1 Å². The van der Waals surface area contributed by atoms with Crippen LogP contribution < -0.4 is 11.1 Å². The fourth-order valence-corrected chi connectivity index (χ4v) is 1.00. The maximum atomic E-state index is 5.81. The van der Waals surface area contributed by atoms with Gasteiger partial charge in [-0.25, -0.2) is 4.98 Å². The lowest BCUT2D eigenvalue weighted by Gasteiger charge is -2.08. The van der Waals surface area contributed by atoms with Gasteiger partial charge >= 0.3 is 0 Å². The predicted octanol–water partition coefficient (Wildman–Crippen LogP) is 1.96. The van der Waals surface area contributed by atoms with E-state index in [0.29, 0.717) is 0 Å². The summed E-state index contributed by atoms with van der Waals surface area (Å²) in [6.07, 6.45) is 4.52. The van der Waals surface area contributed by atoms with E-state index in [1.54, 1.807) is 6.20 Å². The second-order valence-electron chi connectivity index (χ2n) is 2.89. The van der Waals surface area contributed by atoms with E-state index in [-0.39, 0.29) is 0 Å². The van der Waals surface area contributed by atoms with Crippen molar-refractivity contribution in [2.75, 3.05) is 17.6 Å². The monoisotopic (exact) mass is 177 g/mol. The Balaban J connectivity index is 2.65. The molecule has 1 rings (SSSR count). The third kappa shape index (κ3) is 2.47. The van der Waals surface area contributed by atoms with Gasteiger partial charge in [0.2, 0.25) is 0 Å². The van der Waals surface area contributed by atoms with Crippen LogP contribution in [-0.4, -0.2) is 11.5 Å². The Morgan fingerprint density at radius 2 is 2.46 bits per heavy atom. The minimum Gasteiger partial charge on any atom is -0.396 e. The van der Waals surface area contributed by atoms with E-state index in [1.165, 1.54) is 0 Å². The molecule has 70 valence electrons. The standard InChI is InChI=1S/C10H15N3/c1-3-4-6-12-10-9(11)8(2)5-7-13-10/h3,5,7H,1,4,6,11H2,2H3,(H,12,13). The molecule has 13 heavy (non-hydrogen) atoms. The molecule has 1 heterocycles. The Morgan fingerprint density at radius 3 is 3.15 bits per heavy atom. The Bertz CT molecular complexity index is 294. The van der Waals surface area contributed by atoms with Gasteiger partial charge in [0.1, 0.15) is 5.82 Å². The fraction of sp³-hybridized carbons (Fsp3) is 0.300. The van der Waals surface area contributed by atoms with E-state index in [2.05, 4.69) is 16.9 Å². The van der Waals surface area contributed by atoms with Crippen molar-refractivity contribution in [1.29, 1.82) is 0 Å². The molecule has 3 N–H and O–H groups in total. The SMILES string of the molecule is C=CCCNc1nccc(C)c1N. The van der Waals surface area contributed by atoms with Crippen molar-refractivity contribution in [1.82, 2.24) is 4.98 Å². The first-order valence-corrected chi connectivity index (χ1v) is 4.31. The highest BCUT2D eigenvalue weighted by molar-refractivity contribution is 5.64. The van der Waals surface area contributed by atoms with Crippen molar-refractivity contribution < 1.29 is 0 Å². The fourth-order valence-electron chi connectivity index (χ4n) is 1.00. The Labute approximate surface area is 78.7 Å². The van der Waals surface area contributed by atoms with Crippen molar-refractivity contribution >= 4 is 11.5 Å². The number of aromatic nitrogens is 1. The molecule has 0 atom stereocenters. The van der Waals surface area contributed by atoms with Crippen LogP contribution in [0.4, 0.5) is 11.5 Å². The predicted molar refractivity (Wildman–Crippen MR) is 56.7 cm³/mol. The number of hydrogen-bond donors (Lipinski definition) is 2. The first kappa shape index (κ1) is 9.58. The molecule has 0 saturated carbocycles. The van der Waals surface area contributed by atoms with Gasteiger partial charge in [0, 0.05) is 12.7 Å². The maximum Gasteiger partial charge on any atom is 0.149 e. The number of pyridine rings is 1. The quantitative estimate of drug-likeness (QED) is 0.546. The van der Waals surface area contributed by atoms with Gasteiger partial charge in [-0.3, -0.25) is 0 Å². The summed E-state index contributed by atoms with van der Waals surface area (Å²) in [5.74, 6) is 0.766. The molecule has 0 aromatic carbocycles. The molecule has 0 aliphatic heterocycles. The molecule has 3 nitrogen and oxygen atoms in total. The average Bonchev–Trinajstić information content (AvgIpc) is 2.13. The highest BCUT2D eigenvalue weighted by Gasteiger charge is 2.00. The van der Waals surface area contributed by atoms with E-state index in [9.17, 15) is 0 Å². The molecule has 0 aliphatic carbocycles. The lowest BCUT2D eigenvalue weighted by molar-refractivity contribution is 1.05. The first-order valence-electron chi connectivity index (χ1n) is 4.31. The summed E-state index contributed by atoms with van der Waals surface area (Å²) in [6, 6.07) is 1.90. The molecule has 1 aromatic heterocycles. The van der Waals surface area contributed by atoms with Crippen molar-refractivity contribution in [3.8, 4) is 0 Å². The van der Waals surface area contributed by atoms with E-state index in [0.717, 1.165) is 30.0 Å². The van der Waals surface area contributed by atoms with Crippen LogP contribution in [0.1, 0.15) is 12.0 Å². The molecular weight excluding hydrogens is 162 g/mol. The lowest BCUT2D eigenvalue weighted by atomic mass is 10.2. The summed E-state index contributed by atoms with van der Waals surface area (Å²) < 4.78 is 0. The second kappa shape index (κ2) is 4.50. The van der Waals surface area contributed by atoms with Gasteiger partial charge in [-0.05, 0) is 25.0 Å². The molecule has 0 saturated heterocycles. The summed E-state index contributed by atoms with van der Waals surface area (Å²) in [6.45, 7) is 6.43. The summed E-state index contributed by atoms with van der Waals surface area (Å²) in [5.41, 5.74) is 7.59. The van der Waals surface area contributed by atoms with Gasteiger partial charge in [0.25, 0.3) is 0 Å². The first-order chi connectivity index (χ1) is 6.25. The number of rotatable bonds is 4. The Morgan fingerprint density at radius 1 is 1.69 bits per heavy atom. The lowest BCUT2D eigenvalue weighted by Crippen LogP contribution is -2.06. The highest BCUT2D eigenvalue weighted by Crippen LogP contribution is 2.18. The van der Waals surface area contributed by atoms with Crippen LogP contribution in [0.15, 0.2) is 24.9 Å². The van der Waals surface area contributed by atoms with Crippen LogP contribution in [-0.2, 0) is 0 Å². The Hall–Kier alpha value is -1.51. The average molecular weight is 177 g/mol. The Kier molecular flexibility index (Phi) is 3.31. The summed E-state index contributed by atoms with van der Waals surface area (Å²) >= 11 is 0. The molecule has 3 heteroatoms. The van der Waals surface area contributed by atoms with Crippen molar-refractivity contribution in [3.63, 3.8) is 0 Å².